The van der Waals surface area contributed by atoms with Crippen molar-refractivity contribution >= 4 is 39.4 Å². The SMILES string of the molecule is CS(=O)(=O)N1CCN(C(=O)c2cnc3c(B(O)O)cccc3c2-c2ccc(C3(C#N)CC3)cc2)CC1. The van der Waals surface area contributed by atoms with E-state index in [9.17, 15) is 28.5 Å². The number of hydrogen-bond acceptors (Lipinski definition) is 7. The topological polar surface area (TPSA) is 135 Å². The number of amides is 1. The number of aromatic nitrogens is 1. The van der Waals surface area contributed by atoms with Crippen molar-refractivity contribution < 1.29 is 23.3 Å². The van der Waals surface area contributed by atoms with Gasteiger partial charge in [-0.25, -0.2) is 8.42 Å². The Morgan fingerprint density at radius 3 is 2.31 bits per heavy atom. The van der Waals surface area contributed by atoms with E-state index in [1.54, 1.807) is 23.1 Å². The maximum Gasteiger partial charge on any atom is 0.490 e. The number of nitrogens with zero attached hydrogens (tertiary/aromatic N) is 4. The van der Waals surface area contributed by atoms with Gasteiger partial charge >= 0.3 is 7.12 Å². The van der Waals surface area contributed by atoms with E-state index < -0.39 is 22.6 Å². The summed E-state index contributed by atoms with van der Waals surface area (Å²) in [6.45, 7) is 0.935. The fraction of sp³-hybridized carbons (Fsp3) is 0.320. The van der Waals surface area contributed by atoms with Gasteiger partial charge in [0.25, 0.3) is 5.91 Å². The number of hydrogen-bond donors (Lipinski definition) is 2. The van der Waals surface area contributed by atoms with E-state index in [0.29, 0.717) is 22.0 Å². The molecule has 0 radical (unpaired) electrons. The van der Waals surface area contributed by atoms with Gasteiger partial charge in [-0.3, -0.25) is 9.78 Å². The third-order valence-electron chi connectivity index (χ3n) is 7.12. The van der Waals surface area contributed by atoms with Gasteiger partial charge in [0.2, 0.25) is 10.0 Å². The maximum absolute atomic E-state index is 13.7. The lowest BCUT2D eigenvalue weighted by Gasteiger charge is -2.33. The number of fused-ring (bicyclic) bond motifs is 1. The number of rotatable bonds is 5. The molecule has 2 heterocycles. The molecule has 2 fully saturated rings. The van der Waals surface area contributed by atoms with Crippen LogP contribution in [-0.4, -0.2) is 78.1 Å². The largest absolute Gasteiger partial charge is 0.490 e. The van der Waals surface area contributed by atoms with Gasteiger partial charge < -0.3 is 14.9 Å². The van der Waals surface area contributed by atoms with Gasteiger partial charge in [0, 0.05) is 48.8 Å². The molecule has 1 saturated carbocycles. The zero-order valence-electron chi connectivity index (χ0n) is 19.8. The van der Waals surface area contributed by atoms with Crippen molar-refractivity contribution in [3.63, 3.8) is 0 Å². The molecule has 1 saturated heterocycles. The molecular formula is C25H25BN4O5S. The molecule has 9 nitrogen and oxygen atoms in total. The summed E-state index contributed by atoms with van der Waals surface area (Å²) in [6.07, 6.45) is 4.25. The second-order valence-corrected chi connectivity index (χ2v) is 11.4. The van der Waals surface area contributed by atoms with E-state index in [0.717, 1.165) is 30.2 Å². The fourth-order valence-electron chi connectivity index (χ4n) is 4.87. The van der Waals surface area contributed by atoms with E-state index >= 15 is 0 Å². The van der Waals surface area contributed by atoms with E-state index in [-0.39, 0.29) is 37.5 Å². The molecule has 2 N–H and O–H groups in total. The summed E-state index contributed by atoms with van der Waals surface area (Å²) in [6, 6.07) is 15.0. The van der Waals surface area contributed by atoms with Crippen LogP contribution in [0, 0.1) is 11.3 Å². The van der Waals surface area contributed by atoms with Crippen molar-refractivity contribution in [2.45, 2.75) is 18.3 Å². The van der Waals surface area contributed by atoms with Crippen LogP contribution in [0.4, 0.5) is 0 Å². The van der Waals surface area contributed by atoms with E-state index in [4.69, 9.17) is 0 Å². The summed E-state index contributed by atoms with van der Waals surface area (Å²) in [5.74, 6) is -0.276. The first kappa shape index (κ1) is 24.4. The van der Waals surface area contributed by atoms with Crippen molar-refractivity contribution in [3.8, 4) is 17.2 Å². The molecule has 0 spiro atoms. The lowest BCUT2D eigenvalue weighted by molar-refractivity contribution is 0.0699. The first-order valence-corrected chi connectivity index (χ1v) is 13.5. The number of pyridine rings is 1. The maximum atomic E-state index is 13.7. The van der Waals surface area contributed by atoms with Crippen molar-refractivity contribution in [3.05, 3.63) is 59.8 Å². The first-order chi connectivity index (χ1) is 17.1. The minimum absolute atomic E-state index is 0.215. The average molecular weight is 504 g/mol. The standard InChI is InChI=1S/C25H25BN4O5S/c1-36(34,35)30-13-11-29(12-14-30)24(31)20-15-28-23-19(3-2-4-21(23)26(32)33)22(20)17-5-7-18(8-6-17)25(16-27)9-10-25/h2-8,15,32-33H,9-14H2,1H3. The normalized spacial score (nSPS) is 17.6. The fourth-order valence-corrected chi connectivity index (χ4v) is 5.69. The van der Waals surface area contributed by atoms with Crippen molar-refractivity contribution in [1.82, 2.24) is 14.2 Å². The summed E-state index contributed by atoms with van der Waals surface area (Å²) in [4.78, 5) is 19.7. The molecule has 1 aliphatic carbocycles. The molecule has 184 valence electrons. The quantitative estimate of drug-likeness (QED) is 0.492. The average Bonchev–Trinajstić information content (AvgIpc) is 3.68. The molecule has 2 aromatic carbocycles. The number of benzene rings is 2. The molecule has 1 aromatic heterocycles. The summed E-state index contributed by atoms with van der Waals surface area (Å²) in [5, 5.41) is 29.9. The van der Waals surface area contributed by atoms with Crippen molar-refractivity contribution in [2.75, 3.05) is 32.4 Å². The van der Waals surface area contributed by atoms with E-state index in [2.05, 4.69) is 11.1 Å². The second-order valence-electron chi connectivity index (χ2n) is 9.39. The molecule has 36 heavy (non-hydrogen) atoms. The van der Waals surface area contributed by atoms with Gasteiger partial charge in [-0.1, -0.05) is 42.5 Å². The van der Waals surface area contributed by atoms with Crippen LogP contribution in [0.15, 0.2) is 48.7 Å². The Kier molecular flexibility index (Phi) is 6.08. The molecule has 0 unspecified atom stereocenters. The van der Waals surface area contributed by atoms with Crippen molar-refractivity contribution in [1.29, 1.82) is 5.26 Å². The minimum atomic E-state index is -3.33. The number of para-hydroxylation sites is 1. The van der Waals surface area contributed by atoms with Gasteiger partial charge in [0.1, 0.15) is 0 Å². The highest BCUT2D eigenvalue weighted by Gasteiger charge is 2.44. The number of carbonyl (C=O) groups excluding carboxylic acids is 1. The van der Waals surface area contributed by atoms with Crippen LogP contribution in [0.3, 0.4) is 0 Å². The van der Waals surface area contributed by atoms with Gasteiger partial charge in [-0.15, -0.1) is 0 Å². The summed E-state index contributed by atoms with van der Waals surface area (Å²) in [7, 11) is -5.06. The van der Waals surface area contributed by atoms with Crippen LogP contribution in [0.1, 0.15) is 28.8 Å². The molecule has 5 rings (SSSR count). The number of nitriles is 1. The zero-order chi connectivity index (χ0) is 25.7. The summed E-state index contributed by atoms with van der Waals surface area (Å²) < 4.78 is 25.1. The predicted octanol–water partition coefficient (Wildman–Crippen LogP) is 0.854. The summed E-state index contributed by atoms with van der Waals surface area (Å²) in [5.41, 5.74) is 2.78. The van der Waals surface area contributed by atoms with Crippen LogP contribution in [0.2, 0.25) is 0 Å². The monoisotopic (exact) mass is 504 g/mol. The molecular weight excluding hydrogens is 479 g/mol. The Bertz CT molecular complexity index is 1490. The number of piperazine rings is 1. The van der Waals surface area contributed by atoms with Crippen molar-refractivity contribution in [2.24, 2.45) is 0 Å². The van der Waals surface area contributed by atoms with Gasteiger partial charge in [0.15, 0.2) is 0 Å². The highest BCUT2D eigenvalue weighted by molar-refractivity contribution is 7.88. The second kappa shape index (κ2) is 8.98. The minimum Gasteiger partial charge on any atom is -0.423 e. The number of sulfonamides is 1. The predicted molar refractivity (Wildman–Crippen MR) is 136 cm³/mol. The first-order valence-electron chi connectivity index (χ1n) is 11.7. The van der Waals surface area contributed by atoms with Crippen LogP contribution in [0.5, 0.6) is 0 Å². The highest BCUT2D eigenvalue weighted by Crippen LogP contribution is 2.48. The Hall–Kier alpha value is -3.30. The van der Waals surface area contributed by atoms with Gasteiger partial charge in [-0.2, -0.15) is 9.57 Å². The highest BCUT2D eigenvalue weighted by atomic mass is 32.2. The van der Waals surface area contributed by atoms with Crippen LogP contribution >= 0.6 is 0 Å². The van der Waals surface area contributed by atoms with Gasteiger partial charge in [0.05, 0.1) is 28.8 Å². The third kappa shape index (κ3) is 4.26. The van der Waals surface area contributed by atoms with Gasteiger partial charge in [-0.05, 0) is 24.0 Å². The Balaban J connectivity index is 1.59. The zero-order valence-corrected chi connectivity index (χ0v) is 20.6. The molecule has 0 atom stereocenters. The van der Waals surface area contributed by atoms with Crippen LogP contribution < -0.4 is 5.46 Å². The Morgan fingerprint density at radius 2 is 1.75 bits per heavy atom. The molecule has 11 heteroatoms. The molecule has 1 aliphatic heterocycles. The number of carbonyl (C=O) groups is 1. The summed E-state index contributed by atoms with van der Waals surface area (Å²) >= 11 is 0. The van der Waals surface area contributed by atoms with E-state index in [1.165, 1.54) is 10.5 Å². The van der Waals surface area contributed by atoms with E-state index in [1.807, 2.05) is 24.3 Å². The Labute approximate surface area is 209 Å². The lowest BCUT2D eigenvalue weighted by Crippen LogP contribution is -2.50. The van der Waals surface area contributed by atoms with Crippen LogP contribution in [-0.2, 0) is 15.4 Å². The van der Waals surface area contributed by atoms with Crippen LogP contribution in [0.25, 0.3) is 22.0 Å². The lowest BCUT2D eigenvalue weighted by atomic mass is 9.78. The molecule has 2 aliphatic rings. The molecule has 3 aromatic rings. The molecule has 1 amide bonds. The Morgan fingerprint density at radius 1 is 1.08 bits per heavy atom. The molecule has 0 bridgehead atoms. The smallest absolute Gasteiger partial charge is 0.423 e. The third-order valence-corrected chi connectivity index (χ3v) is 8.43.